The lowest BCUT2D eigenvalue weighted by Crippen LogP contribution is -2.31. The number of fused-ring (bicyclic) bond motifs is 1. The maximum absolute atomic E-state index is 12.9. The van der Waals surface area contributed by atoms with Gasteiger partial charge in [0, 0.05) is 6.42 Å². The van der Waals surface area contributed by atoms with Gasteiger partial charge in [0.1, 0.15) is 0 Å². The van der Waals surface area contributed by atoms with Gasteiger partial charge in [-0.25, -0.2) is 5.01 Å². The molecule has 0 spiro atoms. The minimum Gasteiger partial charge on any atom is -0.455 e. The number of hydrazone groups is 1. The van der Waals surface area contributed by atoms with Gasteiger partial charge < -0.3 is 4.74 Å². The molecule has 0 bridgehead atoms. The first kappa shape index (κ1) is 18.6. The Bertz CT molecular complexity index is 1140. The number of benzene rings is 3. The van der Waals surface area contributed by atoms with Crippen LogP contribution in [-0.4, -0.2) is 29.2 Å². The molecule has 5 heteroatoms. The Morgan fingerprint density at radius 2 is 1.67 bits per heavy atom. The number of esters is 1. The Morgan fingerprint density at radius 1 is 0.933 bits per heavy atom. The second-order valence-corrected chi connectivity index (χ2v) is 7.86. The number of rotatable bonds is 5. The van der Waals surface area contributed by atoms with E-state index in [2.05, 4.69) is 29.4 Å². The van der Waals surface area contributed by atoms with E-state index in [1.807, 2.05) is 48.5 Å². The molecule has 1 heterocycles. The number of carbonyl (C=O) groups excluding carboxylic acids is 2. The van der Waals surface area contributed by atoms with Crippen LogP contribution >= 0.6 is 0 Å². The lowest BCUT2D eigenvalue weighted by atomic mass is 9.97. The Morgan fingerprint density at radius 3 is 2.43 bits per heavy atom. The summed E-state index contributed by atoms with van der Waals surface area (Å²) in [4.78, 5) is 24.8. The fourth-order valence-electron chi connectivity index (χ4n) is 3.85. The molecule has 5 nitrogen and oxygen atoms in total. The van der Waals surface area contributed by atoms with Crippen molar-refractivity contribution < 1.29 is 14.3 Å². The SMILES string of the molecule is O=C(OCC(=O)N1N=C(c2ccc3ccccc3c2)C[C@H]1c1ccccc1)C1CC1. The summed E-state index contributed by atoms with van der Waals surface area (Å²) in [6.07, 6.45) is 2.33. The lowest BCUT2D eigenvalue weighted by molar-refractivity contribution is -0.153. The van der Waals surface area contributed by atoms with Crippen LogP contribution in [0.1, 0.15) is 36.4 Å². The summed E-state index contributed by atoms with van der Waals surface area (Å²) in [5, 5.41) is 8.46. The molecular weight excluding hydrogens is 376 g/mol. The van der Waals surface area contributed by atoms with Crippen LogP contribution < -0.4 is 0 Å². The summed E-state index contributed by atoms with van der Waals surface area (Å²) in [5.41, 5.74) is 2.87. The molecule has 1 aliphatic carbocycles. The van der Waals surface area contributed by atoms with Crippen LogP contribution in [0, 0.1) is 5.92 Å². The summed E-state index contributed by atoms with van der Waals surface area (Å²) in [7, 11) is 0. The van der Waals surface area contributed by atoms with E-state index in [-0.39, 0.29) is 30.4 Å². The summed E-state index contributed by atoms with van der Waals surface area (Å²) in [6, 6.07) is 24.1. The van der Waals surface area contributed by atoms with Gasteiger partial charge in [-0.1, -0.05) is 66.7 Å². The zero-order valence-corrected chi connectivity index (χ0v) is 16.5. The largest absolute Gasteiger partial charge is 0.455 e. The molecule has 0 saturated heterocycles. The van der Waals surface area contributed by atoms with E-state index in [9.17, 15) is 9.59 Å². The van der Waals surface area contributed by atoms with Crippen molar-refractivity contribution in [3.8, 4) is 0 Å². The van der Waals surface area contributed by atoms with Crippen LogP contribution in [0.2, 0.25) is 0 Å². The average molecular weight is 398 g/mol. The van der Waals surface area contributed by atoms with E-state index in [0.29, 0.717) is 6.42 Å². The van der Waals surface area contributed by atoms with E-state index in [0.717, 1.165) is 35.1 Å². The minimum atomic E-state index is -0.298. The monoisotopic (exact) mass is 398 g/mol. The third-order valence-electron chi connectivity index (χ3n) is 5.68. The van der Waals surface area contributed by atoms with Crippen molar-refractivity contribution in [2.24, 2.45) is 11.0 Å². The number of amides is 1. The molecule has 5 rings (SSSR count). The predicted molar refractivity (Wildman–Crippen MR) is 115 cm³/mol. The summed E-state index contributed by atoms with van der Waals surface area (Å²) >= 11 is 0. The van der Waals surface area contributed by atoms with Crippen molar-refractivity contribution in [3.63, 3.8) is 0 Å². The number of hydrogen-bond acceptors (Lipinski definition) is 4. The molecule has 30 heavy (non-hydrogen) atoms. The Balaban J connectivity index is 1.43. The first-order valence-corrected chi connectivity index (χ1v) is 10.3. The smallest absolute Gasteiger partial charge is 0.309 e. The van der Waals surface area contributed by atoms with Gasteiger partial charge in [-0.2, -0.15) is 5.10 Å². The maximum atomic E-state index is 12.9. The van der Waals surface area contributed by atoms with Gasteiger partial charge in [-0.05, 0) is 40.8 Å². The maximum Gasteiger partial charge on any atom is 0.309 e. The standard InChI is InChI=1S/C25H22N2O3/c28-24(16-30-25(29)19-11-12-19)27-23(18-7-2-1-3-8-18)15-22(26-27)21-13-10-17-6-4-5-9-20(17)14-21/h1-10,13-14,19,23H,11-12,15-16H2/t23-/m0/s1. The van der Waals surface area contributed by atoms with Crippen molar-refractivity contribution in [1.29, 1.82) is 0 Å². The van der Waals surface area contributed by atoms with Crippen LogP contribution in [-0.2, 0) is 14.3 Å². The molecule has 3 aromatic rings. The van der Waals surface area contributed by atoms with Crippen molar-refractivity contribution in [2.45, 2.75) is 25.3 Å². The molecule has 1 saturated carbocycles. The van der Waals surface area contributed by atoms with E-state index < -0.39 is 0 Å². The molecule has 0 unspecified atom stereocenters. The van der Waals surface area contributed by atoms with Crippen molar-refractivity contribution in [3.05, 3.63) is 83.9 Å². The highest BCUT2D eigenvalue weighted by Crippen LogP contribution is 2.34. The first-order chi connectivity index (χ1) is 14.7. The lowest BCUT2D eigenvalue weighted by Gasteiger charge is -2.21. The second kappa shape index (κ2) is 7.75. The van der Waals surface area contributed by atoms with Gasteiger partial charge >= 0.3 is 5.97 Å². The fourth-order valence-corrected chi connectivity index (χ4v) is 3.85. The van der Waals surface area contributed by atoms with Gasteiger partial charge in [0.15, 0.2) is 6.61 Å². The predicted octanol–water partition coefficient (Wildman–Crippen LogP) is 4.47. The van der Waals surface area contributed by atoms with Gasteiger partial charge in [-0.15, -0.1) is 0 Å². The molecule has 1 amide bonds. The highest BCUT2D eigenvalue weighted by molar-refractivity contribution is 6.05. The summed E-state index contributed by atoms with van der Waals surface area (Å²) in [5.74, 6) is -0.607. The van der Waals surface area contributed by atoms with Gasteiger partial charge in [0.2, 0.25) is 0 Å². The summed E-state index contributed by atoms with van der Waals surface area (Å²) in [6.45, 7) is -0.271. The normalized spacial score (nSPS) is 18.3. The molecular formula is C25H22N2O3. The van der Waals surface area contributed by atoms with Crippen LogP contribution in [0.15, 0.2) is 77.9 Å². The van der Waals surface area contributed by atoms with Gasteiger partial charge in [-0.3, -0.25) is 9.59 Å². The first-order valence-electron chi connectivity index (χ1n) is 10.3. The molecule has 0 N–H and O–H groups in total. The second-order valence-electron chi connectivity index (χ2n) is 7.86. The minimum absolute atomic E-state index is 0.0297. The van der Waals surface area contributed by atoms with E-state index in [4.69, 9.17) is 4.74 Å². The molecule has 3 aromatic carbocycles. The molecule has 1 fully saturated rings. The van der Waals surface area contributed by atoms with Crippen LogP contribution in [0.3, 0.4) is 0 Å². The molecule has 0 aromatic heterocycles. The summed E-state index contributed by atoms with van der Waals surface area (Å²) < 4.78 is 5.22. The highest BCUT2D eigenvalue weighted by Gasteiger charge is 2.35. The molecule has 2 aliphatic rings. The molecule has 1 aliphatic heterocycles. The van der Waals surface area contributed by atoms with E-state index >= 15 is 0 Å². The van der Waals surface area contributed by atoms with Crippen LogP contribution in [0.4, 0.5) is 0 Å². The molecule has 150 valence electrons. The quantitative estimate of drug-likeness (QED) is 0.596. The fraction of sp³-hybridized carbons (Fsp3) is 0.240. The van der Waals surface area contributed by atoms with E-state index in [1.54, 1.807) is 0 Å². The number of ether oxygens (including phenoxy) is 1. The Labute approximate surface area is 175 Å². The van der Waals surface area contributed by atoms with Gasteiger partial charge in [0.25, 0.3) is 5.91 Å². The van der Waals surface area contributed by atoms with Crippen LogP contribution in [0.5, 0.6) is 0 Å². The number of nitrogens with zero attached hydrogens (tertiary/aromatic N) is 2. The van der Waals surface area contributed by atoms with Gasteiger partial charge in [0.05, 0.1) is 17.7 Å². The highest BCUT2D eigenvalue weighted by atomic mass is 16.5. The zero-order chi connectivity index (χ0) is 20.5. The number of hydrogen-bond donors (Lipinski definition) is 0. The number of carbonyl (C=O) groups is 2. The van der Waals surface area contributed by atoms with Crippen LogP contribution in [0.25, 0.3) is 10.8 Å². The zero-order valence-electron chi connectivity index (χ0n) is 16.5. The Hall–Kier alpha value is -3.47. The van der Waals surface area contributed by atoms with Crippen molar-refractivity contribution >= 4 is 28.4 Å². The van der Waals surface area contributed by atoms with E-state index in [1.165, 1.54) is 10.4 Å². The molecule has 1 atom stereocenters. The van der Waals surface area contributed by atoms with Crippen molar-refractivity contribution in [1.82, 2.24) is 5.01 Å². The van der Waals surface area contributed by atoms with Crippen molar-refractivity contribution in [2.75, 3.05) is 6.61 Å². The Kier molecular flexibility index (Phi) is 4.79. The third-order valence-corrected chi connectivity index (χ3v) is 5.68. The third kappa shape index (κ3) is 3.71. The molecule has 0 radical (unpaired) electrons. The average Bonchev–Trinajstić information content (AvgIpc) is 3.55. The topological polar surface area (TPSA) is 59.0 Å².